The molecule has 4 saturated carbocycles. The van der Waals surface area contributed by atoms with Crippen molar-refractivity contribution in [2.24, 2.45) is 17.8 Å². The smallest absolute Gasteiger partial charge is 0.0853 e. The molecule has 4 fully saturated rings. The normalized spacial score (nSPS) is 29.1. The van der Waals surface area contributed by atoms with Gasteiger partial charge < -0.3 is 5.11 Å². The number of aliphatic hydroxyl groups is 1. The van der Waals surface area contributed by atoms with Crippen molar-refractivity contribution < 1.29 is 5.11 Å². The van der Waals surface area contributed by atoms with Gasteiger partial charge in [-0.1, -0.05) is 82.2 Å². The first-order valence-electron chi connectivity index (χ1n) is 15.9. The zero-order valence-electron chi connectivity index (χ0n) is 23.0. The van der Waals surface area contributed by atoms with Crippen LogP contribution >= 0.6 is 0 Å². The van der Waals surface area contributed by atoms with Crippen LogP contribution in [0.2, 0.25) is 0 Å². The Morgan fingerprint density at radius 2 is 1.19 bits per heavy atom. The van der Waals surface area contributed by atoms with Gasteiger partial charge in [0.2, 0.25) is 0 Å². The Kier molecular flexibility index (Phi) is 9.50. The van der Waals surface area contributed by atoms with Crippen LogP contribution in [0.1, 0.15) is 139 Å². The summed E-state index contributed by atoms with van der Waals surface area (Å²) < 4.78 is 0. The highest BCUT2D eigenvalue weighted by Crippen LogP contribution is 2.43. The van der Waals surface area contributed by atoms with Crippen molar-refractivity contribution in [3.8, 4) is 0 Å². The van der Waals surface area contributed by atoms with Crippen LogP contribution in [0, 0.1) is 17.8 Å². The predicted octanol–water partition coefficient (Wildman–Crippen LogP) is 9.52. The van der Waals surface area contributed by atoms with Crippen molar-refractivity contribution in [3.63, 3.8) is 0 Å². The van der Waals surface area contributed by atoms with E-state index in [4.69, 9.17) is 0 Å². The zero-order valence-corrected chi connectivity index (χ0v) is 23.0. The minimum atomic E-state index is 0.384. The van der Waals surface area contributed by atoms with E-state index in [1.54, 1.807) is 11.1 Å². The van der Waals surface area contributed by atoms with E-state index >= 15 is 0 Å². The van der Waals surface area contributed by atoms with E-state index in [1.807, 2.05) is 0 Å². The van der Waals surface area contributed by atoms with E-state index in [0.29, 0.717) is 23.6 Å². The molecule has 0 spiro atoms. The molecule has 0 bridgehead atoms. The van der Waals surface area contributed by atoms with Crippen molar-refractivity contribution in [3.05, 3.63) is 47.7 Å². The van der Waals surface area contributed by atoms with Crippen LogP contribution in [0.15, 0.2) is 36.6 Å². The van der Waals surface area contributed by atoms with E-state index in [9.17, 15) is 5.11 Å². The predicted molar refractivity (Wildman–Crippen MR) is 153 cm³/mol. The topological polar surface area (TPSA) is 23.5 Å². The lowest BCUT2D eigenvalue weighted by Crippen LogP contribution is -2.47. The first kappa shape index (κ1) is 26.3. The van der Waals surface area contributed by atoms with Gasteiger partial charge in [-0.15, -0.1) is 0 Å². The minimum absolute atomic E-state index is 0.384. The van der Waals surface area contributed by atoms with Crippen molar-refractivity contribution in [2.45, 2.75) is 133 Å². The third-order valence-electron chi connectivity index (χ3n) is 10.5. The van der Waals surface area contributed by atoms with Gasteiger partial charge in [-0.2, -0.15) is 0 Å². The first-order chi connectivity index (χ1) is 17.7. The minimum Gasteiger partial charge on any atom is -0.513 e. The molecule has 0 amide bonds. The number of rotatable bonds is 9. The molecule has 1 N–H and O–H groups in total. The summed E-state index contributed by atoms with van der Waals surface area (Å²) in [5.74, 6) is 4.15. The fourth-order valence-electron chi connectivity index (χ4n) is 8.58. The van der Waals surface area contributed by atoms with E-state index in [2.05, 4.69) is 35.7 Å². The van der Waals surface area contributed by atoms with Crippen molar-refractivity contribution in [1.82, 2.24) is 4.90 Å². The van der Waals surface area contributed by atoms with Crippen molar-refractivity contribution in [1.29, 1.82) is 0 Å². The Morgan fingerprint density at radius 3 is 1.75 bits per heavy atom. The maximum absolute atomic E-state index is 10.0. The standard InChI is InChI=1S/C34H53NO/c1-26(36)22-29-16-21-34(33(23-29)32-19-17-31(18-20-32)30-14-8-9-15-30)35(24-27-10-4-2-5-11-27)25-28-12-6-3-7-13-28/h17-20,27-30,33-34,36H,1-16,21-25H2/t29-,33-,34+/m0/s1. The van der Waals surface area contributed by atoms with E-state index < -0.39 is 0 Å². The number of aliphatic hydroxyl groups excluding tert-OH is 1. The number of benzene rings is 1. The number of hydrogen-bond acceptors (Lipinski definition) is 2. The highest BCUT2D eigenvalue weighted by atomic mass is 16.3. The van der Waals surface area contributed by atoms with Gasteiger partial charge in [0.25, 0.3) is 0 Å². The zero-order chi connectivity index (χ0) is 24.7. The average molecular weight is 492 g/mol. The van der Waals surface area contributed by atoms with Crippen LogP contribution in [0.5, 0.6) is 0 Å². The van der Waals surface area contributed by atoms with Crippen LogP contribution in [0.25, 0.3) is 0 Å². The summed E-state index contributed by atoms with van der Waals surface area (Å²) in [5.41, 5.74) is 3.14. The molecule has 200 valence electrons. The monoisotopic (exact) mass is 491 g/mol. The number of nitrogens with zero attached hydrogens (tertiary/aromatic N) is 1. The summed E-state index contributed by atoms with van der Waals surface area (Å²) in [6.07, 6.45) is 24.5. The Hall–Kier alpha value is -1.28. The highest BCUT2D eigenvalue weighted by Gasteiger charge is 2.37. The largest absolute Gasteiger partial charge is 0.513 e. The van der Waals surface area contributed by atoms with Gasteiger partial charge in [0, 0.05) is 25.6 Å². The van der Waals surface area contributed by atoms with Gasteiger partial charge in [0.15, 0.2) is 0 Å². The molecular weight excluding hydrogens is 438 g/mol. The van der Waals surface area contributed by atoms with Gasteiger partial charge in [-0.3, -0.25) is 4.90 Å². The van der Waals surface area contributed by atoms with Crippen LogP contribution < -0.4 is 0 Å². The molecular formula is C34H53NO. The van der Waals surface area contributed by atoms with Crippen molar-refractivity contribution in [2.75, 3.05) is 13.1 Å². The number of hydrogen-bond donors (Lipinski definition) is 1. The first-order valence-corrected chi connectivity index (χ1v) is 15.9. The quantitative estimate of drug-likeness (QED) is 0.348. The second-order valence-corrected chi connectivity index (χ2v) is 13.2. The Labute approximate surface area is 221 Å². The van der Waals surface area contributed by atoms with E-state index in [1.165, 1.54) is 122 Å². The second kappa shape index (κ2) is 13.0. The Morgan fingerprint density at radius 1 is 0.667 bits per heavy atom. The molecule has 0 heterocycles. The van der Waals surface area contributed by atoms with Crippen molar-refractivity contribution >= 4 is 0 Å². The molecule has 1 aromatic carbocycles. The third-order valence-corrected chi connectivity index (χ3v) is 10.5. The molecule has 0 saturated heterocycles. The molecule has 2 nitrogen and oxygen atoms in total. The Balaban J connectivity index is 1.37. The molecule has 3 atom stereocenters. The molecule has 4 aliphatic carbocycles. The molecule has 1 aromatic rings. The summed E-state index contributed by atoms with van der Waals surface area (Å²) in [4.78, 5) is 3.02. The fourth-order valence-corrected chi connectivity index (χ4v) is 8.58. The van der Waals surface area contributed by atoms with E-state index in [0.717, 1.165) is 24.2 Å². The summed E-state index contributed by atoms with van der Waals surface area (Å²) in [6.45, 7) is 6.51. The van der Waals surface area contributed by atoms with E-state index in [-0.39, 0.29) is 0 Å². The fraction of sp³-hybridized carbons (Fsp3) is 0.765. The van der Waals surface area contributed by atoms with Gasteiger partial charge >= 0.3 is 0 Å². The third kappa shape index (κ3) is 6.97. The van der Waals surface area contributed by atoms with Crippen LogP contribution in [-0.2, 0) is 0 Å². The molecule has 0 aliphatic heterocycles. The summed E-state index contributed by atoms with van der Waals surface area (Å²) >= 11 is 0. The summed E-state index contributed by atoms with van der Waals surface area (Å²) in [5, 5.41) is 10.0. The lowest BCUT2D eigenvalue weighted by atomic mass is 9.72. The SMILES string of the molecule is C=C(O)C[C@@H]1CC[C@@H](N(CC2CCCCC2)CC2CCCCC2)[C@H](c2ccc(C3CCCC3)cc2)C1. The van der Waals surface area contributed by atoms with Crippen LogP contribution in [0.3, 0.4) is 0 Å². The van der Waals surface area contributed by atoms with Gasteiger partial charge in [-0.05, 0) is 98.5 Å². The molecule has 2 heteroatoms. The molecule has 0 radical (unpaired) electrons. The summed E-state index contributed by atoms with van der Waals surface area (Å²) in [6, 6.07) is 10.6. The number of allylic oxidation sites excluding steroid dienone is 1. The molecule has 4 aliphatic rings. The van der Waals surface area contributed by atoms with Gasteiger partial charge in [0.05, 0.1) is 5.76 Å². The maximum atomic E-state index is 10.0. The molecule has 0 aromatic heterocycles. The van der Waals surface area contributed by atoms with Gasteiger partial charge in [0.1, 0.15) is 0 Å². The highest BCUT2D eigenvalue weighted by molar-refractivity contribution is 5.30. The average Bonchev–Trinajstić information content (AvgIpc) is 3.45. The maximum Gasteiger partial charge on any atom is 0.0853 e. The lowest BCUT2D eigenvalue weighted by molar-refractivity contribution is 0.0667. The molecule has 0 unspecified atom stereocenters. The summed E-state index contributed by atoms with van der Waals surface area (Å²) in [7, 11) is 0. The molecule has 5 rings (SSSR count). The van der Waals surface area contributed by atoms with Crippen LogP contribution in [-0.4, -0.2) is 29.1 Å². The second-order valence-electron chi connectivity index (χ2n) is 13.2. The molecule has 36 heavy (non-hydrogen) atoms. The van der Waals surface area contributed by atoms with Crippen LogP contribution in [0.4, 0.5) is 0 Å². The Bertz CT molecular complexity index is 777. The van der Waals surface area contributed by atoms with Gasteiger partial charge in [-0.25, -0.2) is 0 Å². The lowest BCUT2D eigenvalue weighted by Gasteiger charge is -2.46.